The van der Waals surface area contributed by atoms with E-state index in [1.165, 1.54) is 0 Å². The molecule has 1 aromatic rings. The summed E-state index contributed by atoms with van der Waals surface area (Å²) < 4.78 is 1.03. The minimum absolute atomic E-state index is 0.620. The largest absolute Gasteiger partial charge is 0.384 e. The molecule has 1 aromatic carbocycles. The van der Waals surface area contributed by atoms with E-state index >= 15 is 0 Å². The van der Waals surface area contributed by atoms with Gasteiger partial charge in [-0.05, 0) is 38.7 Å². The summed E-state index contributed by atoms with van der Waals surface area (Å²) in [7, 11) is 3.90. The van der Waals surface area contributed by atoms with Gasteiger partial charge in [0.25, 0.3) is 0 Å². The molecule has 2 nitrogen and oxygen atoms in total. The lowest BCUT2D eigenvalue weighted by molar-refractivity contribution is 0.0300. The van der Waals surface area contributed by atoms with Crippen LogP contribution in [0.25, 0.3) is 0 Å². The van der Waals surface area contributed by atoms with Crippen LogP contribution in [0.5, 0.6) is 0 Å². The zero-order valence-corrected chi connectivity index (χ0v) is 10.4. The van der Waals surface area contributed by atoms with Gasteiger partial charge in [-0.15, -0.1) is 0 Å². The van der Waals surface area contributed by atoms with Crippen molar-refractivity contribution in [2.75, 3.05) is 20.6 Å². The highest BCUT2D eigenvalue weighted by atomic mass is 79.9. The monoisotopic (exact) mass is 257 g/mol. The van der Waals surface area contributed by atoms with Crippen LogP contribution >= 0.6 is 15.9 Å². The molecule has 0 saturated heterocycles. The van der Waals surface area contributed by atoms with Crippen LogP contribution in [-0.2, 0) is 5.60 Å². The average molecular weight is 258 g/mol. The molecule has 0 heterocycles. The first-order valence-corrected chi connectivity index (χ1v) is 5.34. The van der Waals surface area contributed by atoms with Crippen LogP contribution < -0.4 is 0 Å². The number of halogens is 1. The Hall–Kier alpha value is -0.380. The van der Waals surface area contributed by atoms with Gasteiger partial charge in [0.1, 0.15) is 0 Å². The van der Waals surface area contributed by atoms with Gasteiger partial charge in [0, 0.05) is 11.0 Å². The molecule has 1 unspecified atom stereocenters. The first kappa shape index (κ1) is 11.7. The fourth-order valence-corrected chi connectivity index (χ4v) is 1.78. The predicted molar refractivity (Wildman–Crippen MR) is 62.3 cm³/mol. The third kappa shape index (κ3) is 3.08. The zero-order chi connectivity index (χ0) is 10.8. The smallest absolute Gasteiger partial charge is 0.0994 e. The van der Waals surface area contributed by atoms with E-state index in [9.17, 15) is 5.11 Å². The summed E-state index contributed by atoms with van der Waals surface area (Å²) in [6.45, 7) is 2.45. The van der Waals surface area contributed by atoms with E-state index in [2.05, 4.69) is 15.9 Å². The zero-order valence-electron chi connectivity index (χ0n) is 8.79. The summed E-state index contributed by atoms with van der Waals surface area (Å²) in [5, 5.41) is 10.2. The third-order valence-corrected chi connectivity index (χ3v) is 2.62. The second-order valence-corrected chi connectivity index (χ2v) is 4.93. The second kappa shape index (κ2) is 4.43. The lowest BCUT2D eigenvalue weighted by atomic mass is 9.96. The van der Waals surface area contributed by atoms with Gasteiger partial charge >= 0.3 is 0 Å². The Morgan fingerprint density at radius 2 is 1.79 bits per heavy atom. The summed E-state index contributed by atoms with van der Waals surface area (Å²) >= 11 is 3.37. The molecule has 0 spiro atoms. The van der Waals surface area contributed by atoms with Crippen molar-refractivity contribution in [1.29, 1.82) is 0 Å². The van der Waals surface area contributed by atoms with Crippen molar-refractivity contribution in [3.8, 4) is 0 Å². The number of hydrogen-bond acceptors (Lipinski definition) is 2. The molecule has 78 valence electrons. The molecule has 1 N–H and O–H groups in total. The lowest BCUT2D eigenvalue weighted by Gasteiger charge is -2.27. The topological polar surface area (TPSA) is 23.5 Å². The van der Waals surface area contributed by atoms with Crippen LogP contribution in [0, 0.1) is 0 Å². The molecule has 0 fully saturated rings. The van der Waals surface area contributed by atoms with Gasteiger partial charge < -0.3 is 10.0 Å². The molecule has 0 radical (unpaired) electrons. The second-order valence-electron chi connectivity index (χ2n) is 4.02. The first-order chi connectivity index (χ1) is 6.42. The molecule has 1 rings (SSSR count). The molecule has 3 heteroatoms. The highest BCUT2D eigenvalue weighted by Gasteiger charge is 2.23. The van der Waals surface area contributed by atoms with Gasteiger partial charge in [0.2, 0.25) is 0 Å². The Labute approximate surface area is 93.7 Å². The van der Waals surface area contributed by atoms with Crippen molar-refractivity contribution in [2.24, 2.45) is 0 Å². The van der Waals surface area contributed by atoms with Gasteiger partial charge in [-0.1, -0.05) is 28.1 Å². The van der Waals surface area contributed by atoms with Crippen LogP contribution in [-0.4, -0.2) is 30.6 Å². The quantitative estimate of drug-likeness (QED) is 0.898. The Morgan fingerprint density at radius 1 is 1.29 bits per heavy atom. The average Bonchev–Trinajstić information content (AvgIpc) is 2.02. The van der Waals surface area contributed by atoms with E-state index in [0.29, 0.717) is 6.54 Å². The predicted octanol–water partition coefficient (Wildman–Crippen LogP) is 2.22. The van der Waals surface area contributed by atoms with Crippen molar-refractivity contribution >= 4 is 15.9 Å². The van der Waals surface area contributed by atoms with E-state index in [0.717, 1.165) is 10.0 Å². The van der Waals surface area contributed by atoms with Crippen molar-refractivity contribution in [1.82, 2.24) is 4.90 Å². The minimum atomic E-state index is -0.788. The molecular formula is C11H16BrNO. The highest BCUT2D eigenvalue weighted by Crippen LogP contribution is 2.22. The Morgan fingerprint density at radius 3 is 2.21 bits per heavy atom. The Kier molecular flexibility index (Phi) is 3.70. The maximum absolute atomic E-state index is 10.2. The van der Waals surface area contributed by atoms with Crippen molar-refractivity contribution in [3.63, 3.8) is 0 Å². The van der Waals surface area contributed by atoms with Crippen LogP contribution in [0.15, 0.2) is 28.7 Å². The normalized spacial score (nSPS) is 15.6. The van der Waals surface area contributed by atoms with Crippen molar-refractivity contribution in [2.45, 2.75) is 12.5 Å². The van der Waals surface area contributed by atoms with Gasteiger partial charge in [-0.2, -0.15) is 0 Å². The number of nitrogens with zero attached hydrogens (tertiary/aromatic N) is 1. The SMILES string of the molecule is CN(C)CC(C)(O)c1ccc(Br)cc1. The van der Waals surface area contributed by atoms with Gasteiger partial charge in [0.05, 0.1) is 5.60 Å². The number of hydrogen-bond donors (Lipinski definition) is 1. The maximum Gasteiger partial charge on any atom is 0.0994 e. The molecule has 0 aliphatic heterocycles. The summed E-state index contributed by atoms with van der Waals surface area (Å²) in [4.78, 5) is 1.97. The molecular weight excluding hydrogens is 242 g/mol. The van der Waals surface area contributed by atoms with Crippen molar-refractivity contribution < 1.29 is 5.11 Å². The third-order valence-electron chi connectivity index (χ3n) is 2.09. The summed E-state index contributed by atoms with van der Waals surface area (Å²) in [6.07, 6.45) is 0. The van der Waals surface area contributed by atoms with E-state index < -0.39 is 5.60 Å². The van der Waals surface area contributed by atoms with Crippen LogP contribution in [0.4, 0.5) is 0 Å². The van der Waals surface area contributed by atoms with Gasteiger partial charge in [-0.25, -0.2) is 0 Å². The van der Waals surface area contributed by atoms with Gasteiger partial charge in [-0.3, -0.25) is 0 Å². The molecule has 14 heavy (non-hydrogen) atoms. The molecule has 0 aromatic heterocycles. The maximum atomic E-state index is 10.2. The highest BCUT2D eigenvalue weighted by molar-refractivity contribution is 9.10. The van der Waals surface area contributed by atoms with Gasteiger partial charge in [0.15, 0.2) is 0 Å². The van der Waals surface area contributed by atoms with Crippen LogP contribution in [0.1, 0.15) is 12.5 Å². The number of likely N-dealkylation sites (N-methyl/N-ethyl adjacent to an activating group) is 1. The first-order valence-electron chi connectivity index (χ1n) is 4.55. The lowest BCUT2D eigenvalue weighted by Crippen LogP contribution is -2.34. The minimum Gasteiger partial charge on any atom is -0.384 e. The summed E-state index contributed by atoms with van der Waals surface area (Å²) in [5.41, 5.74) is 0.152. The molecule has 0 saturated carbocycles. The van der Waals surface area contributed by atoms with E-state index in [4.69, 9.17) is 0 Å². The fourth-order valence-electron chi connectivity index (χ4n) is 1.52. The Balaban J connectivity index is 2.86. The van der Waals surface area contributed by atoms with E-state index in [1.54, 1.807) is 0 Å². The summed E-state index contributed by atoms with van der Waals surface area (Å²) in [6, 6.07) is 7.76. The summed E-state index contributed by atoms with van der Waals surface area (Å²) in [5.74, 6) is 0. The van der Waals surface area contributed by atoms with Crippen LogP contribution in [0.3, 0.4) is 0 Å². The number of aliphatic hydroxyl groups is 1. The molecule has 0 bridgehead atoms. The molecule has 0 amide bonds. The van der Waals surface area contributed by atoms with E-state index in [-0.39, 0.29) is 0 Å². The molecule has 0 aliphatic carbocycles. The number of benzene rings is 1. The van der Waals surface area contributed by atoms with E-state index in [1.807, 2.05) is 50.2 Å². The standard InChI is InChI=1S/C11H16BrNO/c1-11(14,8-13(2)3)9-4-6-10(12)7-5-9/h4-7,14H,8H2,1-3H3. The molecule has 0 aliphatic rings. The van der Waals surface area contributed by atoms with Crippen LogP contribution in [0.2, 0.25) is 0 Å². The fraction of sp³-hybridized carbons (Fsp3) is 0.455. The van der Waals surface area contributed by atoms with Crippen molar-refractivity contribution in [3.05, 3.63) is 34.3 Å². The number of rotatable bonds is 3. The Bertz CT molecular complexity index is 293. The molecule has 1 atom stereocenters.